The molecule has 1 saturated heterocycles. The molecule has 2 aromatic carbocycles. The second kappa shape index (κ2) is 7.23. The Labute approximate surface area is 158 Å². The summed E-state index contributed by atoms with van der Waals surface area (Å²) in [5, 5.41) is 9.20. The first-order chi connectivity index (χ1) is 12.7. The van der Waals surface area contributed by atoms with Crippen LogP contribution in [0.5, 0.6) is 0 Å². The van der Waals surface area contributed by atoms with E-state index in [0.29, 0.717) is 5.56 Å². The van der Waals surface area contributed by atoms with Crippen LogP contribution in [0.2, 0.25) is 5.02 Å². The third-order valence-corrected chi connectivity index (χ3v) is 4.98. The minimum absolute atomic E-state index is 0.0463. The van der Waals surface area contributed by atoms with E-state index in [0.717, 1.165) is 10.5 Å². The Bertz CT molecular complexity index is 870. The van der Waals surface area contributed by atoms with Gasteiger partial charge in [0.25, 0.3) is 5.91 Å². The Morgan fingerprint density at radius 2 is 1.70 bits per heavy atom. The quantitative estimate of drug-likeness (QED) is 0.838. The zero-order valence-electron chi connectivity index (χ0n) is 13.9. The average molecular weight is 398 g/mol. The summed E-state index contributed by atoms with van der Waals surface area (Å²) in [5.74, 6) is -6.08. The van der Waals surface area contributed by atoms with E-state index >= 15 is 0 Å². The molecule has 1 fully saturated rings. The normalized spacial score (nSPS) is 19.9. The lowest BCUT2D eigenvalue weighted by atomic mass is 9.96. The lowest BCUT2D eigenvalue weighted by molar-refractivity contribution is -0.187. The van der Waals surface area contributed by atoms with Crippen LogP contribution in [-0.4, -0.2) is 41.1 Å². The molecule has 0 aromatic heterocycles. The van der Waals surface area contributed by atoms with Crippen molar-refractivity contribution < 1.29 is 27.9 Å². The second-order valence-electron chi connectivity index (χ2n) is 6.36. The van der Waals surface area contributed by atoms with Gasteiger partial charge in [0.2, 0.25) is 0 Å². The Morgan fingerprint density at radius 1 is 1.04 bits per heavy atom. The molecule has 0 aliphatic carbocycles. The molecule has 0 saturated carbocycles. The lowest BCUT2D eigenvalue weighted by Crippen LogP contribution is -2.34. The molecule has 27 heavy (non-hydrogen) atoms. The van der Waals surface area contributed by atoms with E-state index in [4.69, 9.17) is 16.7 Å². The van der Waals surface area contributed by atoms with Gasteiger partial charge in [-0.15, -0.1) is 0 Å². The van der Waals surface area contributed by atoms with E-state index < -0.39 is 43.0 Å². The topological polar surface area (TPSA) is 57.6 Å². The number of carbonyl (C=O) groups excluding carboxylic acids is 1. The van der Waals surface area contributed by atoms with Gasteiger partial charge in [-0.2, -0.15) is 13.2 Å². The summed E-state index contributed by atoms with van der Waals surface area (Å²) >= 11 is 6.10. The van der Waals surface area contributed by atoms with Crippen molar-refractivity contribution in [2.24, 2.45) is 11.8 Å². The molecular weight excluding hydrogens is 383 g/mol. The zero-order valence-corrected chi connectivity index (χ0v) is 14.7. The van der Waals surface area contributed by atoms with Crippen molar-refractivity contribution in [3.05, 3.63) is 59.1 Å². The standard InChI is InChI=1S/C19H15ClF3NO3/c20-16-7-6-12(11-4-2-1-3-5-11)8-13(16)17(25)24-9-14(18(26)27)15(10-24)19(21,22)23/h1-8,14-15H,9-10H2,(H,26,27)/t14-,15-/m1/s1. The maximum Gasteiger partial charge on any atom is 0.394 e. The second-order valence-corrected chi connectivity index (χ2v) is 6.77. The number of carbonyl (C=O) groups is 2. The lowest BCUT2D eigenvalue weighted by Gasteiger charge is -2.19. The molecule has 1 N–H and O–H groups in total. The molecule has 0 bridgehead atoms. The highest BCUT2D eigenvalue weighted by molar-refractivity contribution is 6.34. The number of carboxylic acid groups (broad SMARTS) is 1. The number of aliphatic carboxylic acids is 1. The van der Waals surface area contributed by atoms with Crippen LogP contribution in [0.3, 0.4) is 0 Å². The number of hydrogen-bond acceptors (Lipinski definition) is 2. The number of halogens is 4. The Balaban J connectivity index is 1.91. The predicted octanol–water partition coefficient (Wildman–Crippen LogP) is 4.34. The minimum atomic E-state index is -4.70. The fourth-order valence-electron chi connectivity index (χ4n) is 3.22. The van der Waals surface area contributed by atoms with Crippen molar-refractivity contribution in [3.8, 4) is 11.1 Å². The molecule has 0 radical (unpaired) electrons. The summed E-state index contributed by atoms with van der Waals surface area (Å²) in [6.45, 7) is -1.21. The summed E-state index contributed by atoms with van der Waals surface area (Å²) in [7, 11) is 0. The number of amides is 1. The number of rotatable bonds is 3. The van der Waals surface area contributed by atoms with Crippen molar-refractivity contribution in [2.45, 2.75) is 6.18 Å². The SMILES string of the molecule is O=C(O)[C@@H]1CN(C(=O)c2cc(-c3ccccc3)ccc2Cl)C[C@H]1C(F)(F)F. The average Bonchev–Trinajstić information content (AvgIpc) is 3.08. The number of benzene rings is 2. The third kappa shape index (κ3) is 3.93. The van der Waals surface area contributed by atoms with Gasteiger partial charge in [0.15, 0.2) is 0 Å². The molecule has 1 aliphatic rings. The number of likely N-dealkylation sites (tertiary alicyclic amines) is 1. The van der Waals surface area contributed by atoms with Gasteiger partial charge >= 0.3 is 12.1 Å². The molecule has 2 aromatic rings. The van der Waals surface area contributed by atoms with Crippen LogP contribution in [0.15, 0.2) is 48.5 Å². The first kappa shape index (κ1) is 19.2. The van der Waals surface area contributed by atoms with Crippen molar-refractivity contribution >= 4 is 23.5 Å². The van der Waals surface area contributed by atoms with Gasteiger partial charge in [-0.1, -0.05) is 48.0 Å². The highest BCUT2D eigenvalue weighted by atomic mass is 35.5. The summed E-state index contributed by atoms with van der Waals surface area (Å²) in [4.78, 5) is 24.9. The van der Waals surface area contributed by atoms with Crippen LogP contribution in [0, 0.1) is 11.8 Å². The zero-order chi connectivity index (χ0) is 19.8. The van der Waals surface area contributed by atoms with E-state index in [1.165, 1.54) is 12.1 Å². The first-order valence-corrected chi connectivity index (χ1v) is 8.50. The van der Waals surface area contributed by atoms with E-state index in [2.05, 4.69) is 0 Å². The maximum absolute atomic E-state index is 13.1. The molecule has 2 atom stereocenters. The van der Waals surface area contributed by atoms with Crippen LogP contribution in [0.1, 0.15) is 10.4 Å². The van der Waals surface area contributed by atoms with Crippen molar-refractivity contribution in [1.82, 2.24) is 4.90 Å². The monoisotopic (exact) mass is 397 g/mol. The number of carboxylic acids is 1. The molecule has 0 spiro atoms. The summed E-state index contributed by atoms with van der Waals surface area (Å²) in [5.41, 5.74) is 1.55. The van der Waals surface area contributed by atoms with E-state index in [1.54, 1.807) is 6.07 Å². The highest BCUT2D eigenvalue weighted by Crippen LogP contribution is 2.38. The smallest absolute Gasteiger partial charge is 0.394 e. The van der Waals surface area contributed by atoms with Crippen molar-refractivity contribution in [3.63, 3.8) is 0 Å². The van der Waals surface area contributed by atoms with Gasteiger partial charge < -0.3 is 10.0 Å². The van der Waals surface area contributed by atoms with Gasteiger partial charge in [0, 0.05) is 13.1 Å². The Hall–Kier alpha value is -2.54. The van der Waals surface area contributed by atoms with Gasteiger partial charge in [-0.3, -0.25) is 9.59 Å². The van der Waals surface area contributed by atoms with Crippen molar-refractivity contribution in [2.75, 3.05) is 13.1 Å². The molecule has 1 aliphatic heterocycles. The molecule has 8 heteroatoms. The number of nitrogens with zero attached hydrogens (tertiary/aromatic N) is 1. The van der Waals surface area contributed by atoms with Crippen LogP contribution >= 0.6 is 11.6 Å². The number of hydrogen-bond donors (Lipinski definition) is 1. The van der Waals surface area contributed by atoms with Crippen LogP contribution in [-0.2, 0) is 4.79 Å². The molecule has 142 valence electrons. The molecule has 0 unspecified atom stereocenters. The summed E-state index contributed by atoms with van der Waals surface area (Å²) in [6, 6.07) is 13.8. The van der Waals surface area contributed by atoms with E-state index in [9.17, 15) is 22.8 Å². The molecule has 3 rings (SSSR count). The van der Waals surface area contributed by atoms with E-state index in [-0.39, 0.29) is 10.6 Å². The highest BCUT2D eigenvalue weighted by Gasteiger charge is 2.53. The first-order valence-electron chi connectivity index (χ1n) is 8.12. The Kier molecular flexibility index (Phi) is 5.15. The predicted molar refractivity (Wildman–Crippen MR) is 93.5 cm³/mol. The van der Waals surface area contributed by atoms with Crippen LogP contribution in [0.25, 0.3) is 11.1 Å². The third-order valence-electron chi connectivity index (χ3n) is 4.65. The molecule has 4 nitrogen and oxygen atoms in total. The van der Waals surface area contributed by atoms with Gasteiger partial charge in [0.05, 0.1) is 22.4 Å². The summed E-state index contributed by atoms with van der Waals surface area (Å²) < 4.78 is 39.4. The maximum atomic E-state index is 13.1. The van der Waals surface area contributed by atoms with Crippen LogP contribution in [0.4, 0.5) is 13.2 Å². The minimum Gasteiger partial charge on any atom is -0.481 e. The summed E-state index contributed by atoms with van der Waals surface area (Å²) in [6.07, 6.45) is -4.70. The number of alkyl halides is 3. The van der Waals surface area contributed by atoms with E-state index in [1.807, 2.05) is 30.3 Å². The molecule has 1 heterocycles. The van der Waals surface area contributed by atoms with Crippen molar-refractivity contribution in [1.29, 1.82) is 0 Å². The van der Waals surface area contributed by atoms with Gasteiger partial charge in [-0.05, 0) is 23.3 Å². The fourth-order valence-corrected chi connectivity index (χ4v) is 3.42. The fraction of sp³-hybridized carbons (Fsp3) is 0.263. The van der Waals surface area contributed by atoms with Gasteiger partial charge in [0.1, 0.15) is 0 Å². The van der Waals surface area contributed by atoms with Gasteiger partial charge in [-0.25, -0.2) is 0 Å². The Morgan fingerprint density at radius 3 is 2.26 bits per heavy atom. The van der Waals surface area contributed by atoms with Crippen LogP contribution < -0.4 is 0 Å². The molecule has 1 amide bonds. The largest absolute Gasteiger partial charge is 0.481 e. The molecular formula is C19H15ClF3NO3.